The summed E-state index contributed by atoms with van der Waals surface area (Å²) >= 11 is 0. The van der Waals surface area contributed by atoms with Crippen molar-refractivity contribution in [1.82, 2.24) is 4.72 Å². The second-order valence-corrected chi connectivity index (χ2v) is 6.89. The van der Waals surface area contributed by atoms with Gasteiger partial charge >= 0.3 is 0 Å². The SMILES string of the molecule is CCOc1ccc(S(=O)(=O)NCC[C@H](O)c2ccoc2)cc1C. The van der Waals surface area contributed by atoms with Gasteiger partial charge in [-0.15, -0.1) is 0 Å². The maximum Gasteiger partial charge on any atom is 0.240 e. The molecule has 2 N–H and O–H groups in total. The van der Waals surface area contributed by atoms with Crippen molar-refractivity contribution in [1.29, 1.82) is 0 Å². The molecule has 0 radical (unpaired) electrons. The average molecular weight is 339 g/mol. The molecule has 0 fully saturated rings. The predicted octanol–water partition coefficient (Wildman–Crippen LogP) is 2.39. The van der Waals surface area contributed by atoms with Crippen LogP contribution in [0.4, 0.5) is 0 Å². The molecule has 0 aliphatic carbocycles. The first-order valence-electron chi connectivity index (χ1n) is 7.37. The van der Waals surface area contributed by atoms with Crippen LogP contribution in [-0.2, 0) is 10.0 Å². The molecule has 7 heteroatoms. The summed E-state index contributed by atoms with van der Waals surface area (Å²) in [7, 11) is -3.62. The zero-order valence-corrected chi connectivity index (χ0v) is 14.0. The summed E-state index contributed by atoms with van der Waals surface area (Å²) in [6, 6.07) is 6.37. The largest absolute Gasteiger partial charge is 0.494 e. The van der Waals surface area contributed by atoms with Crippen LogP contribution in [0.3, 0.4) is 0 Å². The molecule has 1 atom stereocenters. The van der Waals surface area contributed by atoms with Crippen molar-refractivity contribution in [3.8, 4) is 5.75 Å². The van der Waals surface area contributed by atoms with Crippen LogP contribution in [0.25, 0.3) is 0 Å². The highest BCUT2D eigenvalue weighted by molar-refractivity contribution is 7.89. The lowest BCUT2D eigenvalue weighted by Gasteiger charge is -2.12. The molecule has 0 aliphatic heterocycles. The van der Waals surface area contributed by atoms with Gasteiger partial charge in [-0.2, -0.15) is 0 Å². The second-order valence-electron chi connectivity index (χ2n) is 5.12. The molecule has 0 aliphatic rings. The van der Waals surface area contributed by atoms with Crippen molar-refractivity contribution in [2.75, 3.05) is 13.2 Å². The van der Waals surface area contributed by atoms with Gasteiger partial charge in [-0.3, -0.25) is 0 Å². The maximum atomic E-state index is 12.3. The molecule has 1 aromatic heterocycles. The summed E-state index contributed by atoms with van der Waals surface area (Å²) in [4.78, 5) is 0.177. The fourth-order valence-electron chi connectivity index (χ4n) is 2.15. The Bertz CT molecular complexity index is 725. The van der Waals surface area contributed by atoms with Crippen LogP contribution in [0.1, 0.15) is 30.6 Å². The number of aliphatic hydroxyl groups excluding tert-OH is 1. The summed E-state index contributed by atoms with van der Waals surface area (Å²) in [6.45, 7) is 4.32. The molecule has 0 spiro atoms. The molecule has 0 saturated carbocycles. The van der Waals surface area contributed by atoms with Crippen LogP contribution in [0, 0.1) is 6.92 Å². The highest BCUT2D eigenvalue weighted by Crippen LogP contribution is 2.22. The Hall–Kier alpha value is -1.83. The van der Waals surface area contributed by atoms with Gasteiger partial charge in [0.1, 0.15) is 5.75 Å². The monoisotopic (exact) mass is 339 g/mol. The first-order valence-corrected chi connectivity index (χ1v) is 8.85. The standard InChI is InChI=1S/C16H21NO5S/c1-3-22-16-5-4-14(10-12(16)2)23(19,20)17-8-6-15(18)13-7-9-21-11-13/h4-5,7,9-11,15,17-18H,3,6,8H2,1-2H3/t15-/m0/s1. The van der Waals surface area contributed by atoms with Gasteiger partial charge in [-0.1, -0.05) is 0 Å². The third-order valence-electron chi connectivity index (χ3n) is 3.39. The van der Waals surface area contributed by atoms with Crippen LogP contribution < -0.4 is 9.46 Å². The summed E-state index contributed by atoms with van der Waals surface area (Å²) < 4.78 is 37.3. The molecule has 0 bridgehead atoms. The van der Waals surface area contributed by atoms with E-state index in [0.717, 1.165) is 5.56 Å². The van der Waals surface area contributed by atoms with E-state index in [9.17, 15) is 13.5 Å². The van der Waals surface area contributed by atoms with Crippen molar-refractivity contribution in [3.63, 3.8) is 0 Å². The van der Waals surface area contributed by atoms with E-state index in [4.69, 9.17) is 9.15 Å². The highest BCUT2D eigenvalue weighted by Gasteiger charge is 2.16. The van der Waals surface area contributed by atoms with E-state index in [2.05, 4.69) is 4.72 Å². The molecule has 126 valence electrons. The van der Waals surface area contributed by atoms with Gasteiger partial charge < -0.3 is 14.3 Å². The molecule has 6 nitrogen and oxygen atoms in total. The van der Waals surface area contributed by atoms with Crippen LogP contribution >= 0.6 is 0 Å². The fourth-order valence-corrected chi connectivity index (χ4v) is 3.28. The average Bonchev–Trinajstić information content (AvgIpc) is 3.03. The maximum absolute atomic E-state index is 12.3. The zero-order valence-electron chi connectivity index (χ0n) is 13.2. The number of aliphatic hydroxyl groups is 1. The molecule has 0 amide bonds. The summed E-state index contributed by atoms with van der Waals surface area (Å²) in [6.07, 6.45) is 2.40. The molecule has 2 rings (SSSR count). The van der Waals surface area contributed by atoms with E-state index in [1.165, 1.54) is 18.6 Å². The van der Waals surface area contributed by atoms with Crippen LogP contribution in [0.15, 0.2) is 46.1 Å². The first-order chi connectivity index (χ1) is 10.9. The number of rotatable bonds is 8. The highest BCUT2D eigenvalue weighted by atomic mass is 32.2. The minimum atomic E-state index is -3.62. The van der Waals surface area contributed by atoms with E-state index >= 15 is 0 Å². The first kappa shape index (κ1) is 17.5. The topological polar surface area (TPSA) is 88.8 Å². The van der Waals surface area contributed by atoms with Gasteiger partial charge in [-0.25, -0.2) is 13.1 Å². The number of aryl methyl sites for hydroxylation is 1. The van der Waals surface area contributed by atoms with Crippen LogP contribution in [0.5, 0.6) is 5.75 Å². The van der Waals surface area contributed by atoms with Crippen LogP contribution in [0.2, 0.25) is 0 Å². The summed E-state index contributed by atoms with van der Waals surface area (Å²) in [5, 5.41) is 9.91. The second kappa shape index (κ2) is 7.63. The van der Waals surface area contributed by atoms with Gasteiger partial charge in [-0.05, 0) is 50.1 Å². The Morgan fingerprint density at radius 1 is 1.35 bits per heavy atom. The lowest BCUT2D eigenvalue weighted by molar-refractivity contribution is 0.168. The number of ether oxygens (including phenoxy) is 1. The number of hydrogen-bond acceptors (Lipinski definition) is 5. The molecule has 2 aromatic rings. The fraction of sp³-hybridized carbons (Fsp3) is 0.375. The molecule has 0 saturated heterocycles. The Balaban J connectivity index is 1.97. The van der Waals surface area contributed by atoms with Gasteiger partial charge in [0.15, 0.2) is 0 Å². The third-order valence-corrected chi connectivity index (χ3v) is 4.85. The molecule has 0 unspecified atom stereocenters. The zero-order chi connectivity index (χ0) is 16.9. The number of furan rings is 1. The predicted molar refractivity (Wildman–Crippen MR) is 85.8 cm³/mol. The number of nitrogens with one attached hydrogen (secondary N) is 1. The lowest BCUT2D eigenvalue weighted by Crippen LogP contribution is -2.26. The van der Waals surface area contributed by atoms with E-state index in [-0.39, 0.29) is 17.9 Å². The number of benzene rings is 1. The Morgan fingerprint density at radius 3 is 2.74 bits per heavy atom. The smallest absolute Gasteiger partial charge is 0.240 e. The molecule has 1 aromatic carbocycles. The van der Waals surface area contributed by atoms with Crippen molar-refractivity contribution in [2.24, 2.45) is 0 Å². The Morgan fingerprint density at radius 2 is 2.13 bits per heavy atom. The normalized spacial score (nSPS) is 13.0. The van der Waals surface area contributed by atoms with Crippen molar-refractivity contribution >= 4 is 10.0 Å². The van der Waals surface area contributed by atoms with E-state index in [0.29, 0.717) is 17.9 Å². The molecule has 1 heterocycles. The van der Waals surface area contributed by atoms with Crippen molar-refractivity contribution < 1.29 is 22.7 Å². The third kappa shape index (κ3) is 4.57. The minimum absolute atomic E-state index is 0.126. The summed E-state index contributed by atoms with van der Waals surface area (Å²) in [5.74, 6) is 0.668. The Kier molecular flexibility index (Phi) is 5.81. The number of hydrogen-bond donors (Lipinski definition) is 2. The van der Waals surface area contributed by atoms with Gasteiger partial charge in [0.2, 0.25) is 10.0 Å². The minimum Gasteiger partial charge on any atom is -0.494 e. The van der Waals surface area contributed by atoms with Crippen molar-refractivity contribution in [2.45, 2.75) is 31.3 Å². The lowest BCUT2D eigenvalue weighted by atomic mass is 10.1. The molecular formula is C16H21NO5S. The van der Waals surface area contributed by atoms with E-state index in [1.807, 2.05) is 6.92 Å². The summed E-state index contributed by atoms with van der Waals surface area (Å²) in [5.41, 5.74) is 1.38. The van der Waals surface area contributed by atoms with Crippen molar-refractivity contribution in [3.05, 3.63) is 47.9 Å². The molecular weight excluding hydrogens is 318 g/mol. The quantitative estimate of drug-likeness (QED) is 0.771. The molecule has 23 heavy (non-hydrogen) atoms. The van der Waals surface area contributed by atoms with Crippen LogP contribution in [-0.4, -0.2) is 26.7 Å². The van der Waals surface area contributed by atoms with Gasteiger partial charge in [0, 0.05) is 12.1 Å². The number of sulfonamides is 1. The van der Waals surface area contributed by atoms with E-state index in [1.54, 1.807) is 25.1 Å². The van der Waals surface area contributed by atoms with Gasteiger partial charge in [0.25, 0.3) is 0 Å². The Labute approximate surface area is 136 Å². The van der Waals surface area contributed by atoms with E-state index < -0.39 is 16.1 Å². The van der Waals surface area contributed by atoms with Gasteiger partial charge in [0.05, 0.1) is 30.1 Å².